The van der Waals surface area contributed by atoms with Gasteiger partial charge < -0.3 is 14.6 Å². The van der Waals surface area contributed by atoms with Crippen LogP contribution in [0.1, 0.15) is 40.0 Å². The van der Waals surface area contributed by atoms with Gasteiger partial charge in [-0.15, -0.1) is 0 Å². The van der Waals surface area contributed by atoms with Gasteiger partial charge in [-0.1, -0.05) is 0 Å². The van der Waals surface area contributed by atoms with E-state index in [-0.39, 0.29) is 31.2 Å². The number of carbonyl (C=O) groups excluding carboxylic acids is 4. The maximum absolute atomic E-state index is 11.9. The van der Waals surface area contributed by atoms with E-state index >= 15 is 0 Å². The Bertz CT molecular complexity index is 583. The molecule has 1 aliphatic heterocycles. The number of rotatable bonds is 8. The lowest BCUT2D eigenvalue weighted by atomic mass is 10.2. The molecule has 9 nitrogen and oxygen atoms in total. The van der Waals surface area contributed by atoms with Crippen molar-refractivity contribution in [1.82, 2.24) is 4.90 Å². The molecule has 0 saturated heterocycles. The molecule has 0 aromatic carbocycles. The molecule has 132 valence electrons. The zero-order valence-corrected chi connectivity index (χ0v) is 13.7. The van der Waals surface area contributed by atoms with Gasteiger partial charge in [0, 0.05) is 31.0 Å². The summed E-state index contributed by atoms with van der Waals surface area (Å²) in [6, 6.07) is 0. The minimum Gasteiger partial charge on any atom is -0.481 e. The molecule has 24 heavy (non-hydrogen) atoms. The van der Waals surface area contributed by atoms with Gasteiger partial charge in [-0.3, -0.25) is 28.9 Å². The van der Waals surface area contributed by atoms with Crippen molar-refractivity contribution in [3.05, 3.63) is 11.1 Å². The van der Waals surface area contributed by atoms with E-state index < -0.39 is 30.6 Å². The van der Waals surface area contributed by atoms with Crippen molar-refractivity contribution in [2.45, 2.75) is 46.3 Å². The highest BCUT2D eigenvalue weighted by Crippen LogP contribution is 2.20. The number of amides is 2. The maximum atomic E-state index is 11.9. The second-order valence-corrected chi connectivity index (χ2v) is 5.25. The Kier molecular flexibility index (Phi) is 6.63. The second-order valence-electron chi connectivity index (χ2n) is 5.25. The predicted octanol–water partition coefficient (Wildman–Crippen LogP) is 0.379. The first-order valence-corrected chi connectivity index (χ1v) is 7.25. The molecular weight excluding hydrogens is 322 g/mol. The molecule has 1 N–H and O–H groups in total. The molecule has 0 aromatic heterocycles. The Morgan fingerprint density at radius 3 is 2.08 bits per heavy atom. The van der Waals surface area contributed by atoms with Crippen LogP contribution in [0.3, 0.4) is 0 Å². The van der Waals surface area contributed by atoms with E-state index in [4.69, 9.17) is 14.6 Å². The summed E-state index contributed by atoms with van der Waals surface area (Å²) in [4.78, 5) is 57.6. The van der Waals surface area contributed by atoms with Gasteiger partial charge in [0.25, 0.3) is 11.8 Å². The van der Waals surface area contributed by atoms with Gasteiger partial charge in [-0.25, -0.2) is 0 Å². The molecule has 0 saturated carbocycles. The zero-order valence-electron chi connectivity index (χ0n) is 13.7. The lowest BCUT2D eigenvalue weighted by molar-refractivity contribution is -0.188. The number of ether oxygens (including phenoxy) is 2. The van der Waals surface area contributed by atoms with Crippen LogP contribution in [0, 0.1) is 0 Å². The molecule has 1 heterocycles. The molecule has 0 aromatic rings. The number of carboxylic acid groups (broad SMARTS) is 1. The normalized spacial score (nSPS) is 15.5. The number of hydrogen-bond acceptors (Lipinski definition) is 7. The van der Waals surface area contributed by atoms with Crippen LogP contribution in [0.4, 0.5) is 0 Å². The SMILES string of the molecule is CC(=O)OC(CCCN1C(=O)C(C)=C(C)C1=O)OC(=O)CC(=O)O. The third kappa shape index (κ3) is 5.18. The monoisotopic (exact) mass is 341 g/mol. The van der Waals surface area contributed by atoms with Gasteiger partial charge in [0.2, 0.25) is 6.29 Å². The topological polar surface area (TPSA) is 127 Å². The van der Waals surface area contributed by atoms with E-state index in [9.17, 15) is 24.0 Å². The number of aliphatic carboxylic acids is 1. The van der Waals surface area contributed by atoms with E-state index in [1.165, 1.54) is 0 Å². The standard InChI is InChI=1S/C15H19NO8/c1-8-9(2)15(22)16(14(8)21)6-4-5-13(23-10(3)17)24-12(20)7-11(18)19/h13H,4-7H2,1-3H3,(H,18,19). The molecule has 1 unspecified atom stereocenters. The van der Waals surface area contributed by atoms with Crippen molar-refractivity contribution in [3.63, 3.8) is 0 Å². The Labute approximate surface area is 138 Å². The third-order valence-electron chi connectivity index (χ3n) is 3.37. The number of hydrogen-bond donors (Lipinski definition) is 1. The summed E-state index contributed by atoms with van der Waals surface area (Å²) in [5.74, 6) is -3.89. The average molecular weight is 341 g/mol. The van der Waals surface area contributed by atoms with E-state index in [0.29, 0.717) is 11.1 Å². The van der Waals surface area contributed by atoms with Crippen LogP contribution in [-0.2, 0) is 33.4 Å². The molecule has 1 atom stereocenters. The van der Waals surface area contributed by atoms with Crippen molar-refractivity contribution < 1.29 is 38.6 Å². The summed E-state index contributed by atoms with van der Waals surface area (Å²) < 4.78 is 9.56. The molecule has 2 amide bonds. The fourth-order valence-electron chi connectivity index (χ4n) is 2.08. The highest BCUT2D eigenvalue weighted by atomic mass is 16.7. The Morgan fingerprint density at radius 2 is 1.62 bits per heavy atom. The van der Waals surface area contributed by atoms with Crippen LogP contribution >= 0.6 is 0 Å². The number of carboxylic acids is 1. The van der Waals surface area contributed by atoms with Gasteiger partial charge >= 0.3 is 17.9 Å². The Balaban J connectivity index is 2.55. The van der Waals surface area contributed by atoms with E-state index in [0.717, 1.165) is 11.8 Å². The van der Waals surface area contributed by atoms with Gasteiger partial charge in [0.05, 0.1) is 0 Å². The fraction of sp³-hybridized carbons (Fsp3) is 0.533. The summed E-state index contributed by atoms with van der Waals surface area (Å²) in [6.07, 6.45) is -1.88. The average Bonchev–Trinajstić information content (AvgIpc) is 2.63. The minimum absolute atomic E-state index is 0.0279. The summed E-state index contributed by atoms with van der Waals surface area (Å²) >= 11 is 0. The van der Waals surface area contributed by atoms with Gasteiger partial charge in [-0.05, 0) is 20.3 Å². The van der Waals surface area contributed by atoms with Crippen LogP contribution in [0.15, 0.2) is 11.1 Å². The first kappa shape index (κ1) is 19.3. The number of imide groups is 1. The molecule has 9 heteroatoms. The van der Waals surface area contributed by atoms with Gasteiger partial charge in [0.15, 0.2) is 0 Å². The number of esters is 2. The molecule has 1 aliphatic rings. The van der Waals surface area contributed by atoms with Crippen LogP contribution in [-0.4, -0.2) is 52.6 Å². The maximum Gasteiger partial charge on any atom is 0.320 e. The molecule has 1 rings (SSSR count). The highest BCUT2D eigenvalue weighted by Gasteiger charge is 2.33. The molecule has 0 fully saturated rings. The fourth-order valence-corrected chi connectivity index (χ4v) is 2.08. The molecule has 0 radical (unpaired) electrons. The van der Waals surface area contributed by atoms with Gasteiger partial charge in [-0.2, -0.15) is 0 Å². The van der Waals surface area contributed by atoms with E-state index in [1.54, 1.807) is 13.8 Å². The Hall–Kier alpha value is -2.71. The minimum atomic E-state index is -1.37. The second kappa shape index (κ2) is 8.23. The lowest BCUT2D eigenvalue weighted by Crippen LogP contribution is -2.33. The largest absolute Gasteiger partial charge is 0.481 e. The Morgan fingerprint density at radius 1 is 1.08 bits per heavy atom. The number of carbonyl (C=O) groups is 5. The van der Waals surface area contributed by atoms with Crippen molar-refractivity contribution in [2.75, 3.05) is 6.54 Å². The van der Waals surface area contributed by atoms with E-state index in [2.05, 4.69) is 0 Å². The molecule has 0 aliphatic carbocycles. The van der Waals surface area contributed by atoms with Crippen molar-refractivity contribution in [3.8, 4) is 0 Å². The van der Waals surface area contributed by atoms with Crippen LogP contribution in [0.25, 0.3) is 0 Å². The zero-order chi connectivity index (χ0) is 18.4. The summed E-state index contributed by atoms with van der Waals surface area (Å²) in [5, 5.41) is 8.51. The third-order valence-corrected chi connectivity index (χ3v) is 3.37. The van der Waals surface area contributed by atoms with E-state index in [1.807, 2.05) is 0 Å². The highest BCUT2D eigenvalue weighted by molar-refractivity contribution is 6.18. The molecular formula is C15H19NO8. The summed E-state index contributed by atoms with van der Waals surface area (Å²) in [6.45, 7) is 4.30. The number of nitrogens with zero attached hydrogens (tertiary/aromatic N) is 1. The molecule has 0 spiro atoms. The van der Waals surface area contributed by atoms with Gasteiger partial charge in [0.1, 0.15) is 6.42 Å². The van der Waals surface area contributed by atoms with Crippen molar-refractivity contribution >= 4 is 29.7 Å². The van der Waals surface area contributed by atoms with Crippen LogP contribution in [0.2, 0.25) is 0 Å². The predicted molar refractivity (Wildman–Crippen MR) is 78.2 cm³/mol. The van der Waals surface area contributed by atoms with Crippen molar-refractivity contribution in [2.24, 2.45) is 0 Å². The van der Waals surface area contributed by atoms with Crippen LogP contribution < -0.4 is 0 Å². The van der Waals surface area contributed by atoms with Crippen LogP contribution in [0.5, 0.6) is 0 Å². The van der Waals surface area contributed by atoms with Crippen molar-refractivity contribution in [1.29, 1.82) is 0 Å². The summed E-state index contributed by atoms with van der Waals surface area (Å²) in [7, 11) is 0. The quantitative estimate of drug-likeness (QED) is 0.290. The molecule has 0 bridgehead atoms. The lowest BCUT2D eigenvalue weighted by Gasteiger charge is -2.19. The summed E-state index contributed by atoms with van der Waals surface area (Å²) in [5.41, 5.74) is 0.758. The first-order valence-electron chi connectivity index (χ1n) is 7.25. The first-order chi connectivity index (χ1) is 11.1. The smallest absolute Gasteiger partial charge is 0.320 e.